The van der Waals surface area contributed by atoms with E-state index in [1.54, 1.807) is 36.5 Å². The zero-order valence-electron chi connectivity index (χ0n) is 14.2. The Hall–Kier alpha value is -3.21. The van der Waals surface area contributed by atoms with Crippen LogP contribution in [0.2, 0.25) is 0 Å². The van der Waals surface area contributed by atoms with Crippen molar-refractivity contribution >= 4 is 23.1 Å². The van der Waals surface area contributed by atoms with Crippen LogP contribution in [-0.4, -0.2) is 17.4 Å². The first-order chi connectivity index (χ1) is 12.7. The van der Waals surface area contributed by atoms with E-state index in [1.165, 1.54) is 11.6 Å². The summed E-state index contributed by atoms with van der Waals surface area (Å²) in [4.78, 5) is 19.3. The fourth-order valence-electron chi connectivity index (χ4n) is 3.30. The molecule has 0 aliphatic carbocycles. The molecule has 1 amide bonds. The Bertz CT molecular complexity index is 957. The summed E-state index contributed by atoms with van der Waals surface area (Å²) in [5.41, 5.74) is 2.89. The lowest BCUT2D eigenvalue weighted by atomic mass is 10.0. The number of nitrogens with one attached hydrogen (secondary N) is 1. The van der Waals surface area contributed by atoms with Crippen LogP contribution in [0.1, 0.15) is 22.3 Å². The van der Waals surface area contributed by atoms with Crippen molar-refractivity contribution in [2.24, 2.45) is 0 Å². The van der Waals surface area contributed by atoms with Gasteiger partial charge in [-0.3, -0.25) is 4.79 Å². The van der Waals surface area contributed by atoms with Gasteiger partial charge in [-0.05, 0) is 48.7 Å². The molecule has 4 nitrogen and oxygen atoms in total. The van der Waals surface area contributed by atoms with E-state index in [0.29, 0.717) is 11.4 Å². The third kappa shape index (κ3) is 3.04. The summed E-state index contributed by atoms with van der Waals surface area (Å²) >= 11 is 0. The number of rotatable bonds is 3. The summed E-state index contributed by atoms with van der Waals surface area (Å²) in [5, 5.41) is 2.65. The molecule has 4 rings (SSSR count). The zero-order chi connectivity index (χ0) is 17.9. The maximum atomic E-state index is 13.9. The lowest BCUT2D eigenvalue weighted by Gasteiger charge is -2.31. The molecule has 0 unspecified atom stereocenters. The molecule has 2 heterocycles. The molecule has 0 saturated carbocycles. The lowest BCUT2D eigenvalue weighted by molar-refractivity contribution is 0.102. The minimum absolute atomic E-state index is 0.159. The van der Waals surface area contributed by atoms with Gasteiger partial charge in [-0.2, -0.15) is 0 Å². The number of aryl methyl sites for hydroxylation is 1. The van der Waals surface area contributed by atoms with Gasteiger partial charge in [-0.1, -0.05) is 30.3 Å². The van der Waals surface area contributed by atoms with Gasteiger partial charge in [0.05, 0.1) is 11.3 Å². The number of carbonyl (C=O) groups excluding carboxylic acids is 1. The molecule has 0 radical (unpaired) electrons. The predicted octanol–water partition coefficient (Wildman–Crippen LogP) is 4.56. The van der Waals surface area contributed by atoms with Crippen molar-refractivity contribution in [1.29, 1.82) is 0 Å². The Kier molecular flexibility index (Phi) is 4.35. The number of carbonyl (C=O) groups is 1. The van der Waals surface area contributed by atoms with Gasteiger partial charge in [0.2, 0.25) is 0 Å². The molecule has 0 fully saturated rings. The van der Waals surface area contributed by atoms with Crippen LogP contribution in [0.5, 0.6) is 0 Å². The molecule has 0 atom stereocenters. The Labute approximate surface area is 151 Å². The van der Waals surface area contributed by atoms with Crippen molar-refractivity contribution in [2.75, 3.05) is 16.8 Å². The summed E-state index contributed by atoms with van der Waals surface area (Å²) < 4.78 is 13.9. The van der Waals surface area contributed by atoms with Gasteiger partial charge < -0.3 is 10.2 Å². The monoisotopic (exact) mass is 347 g/mol. The van der Waals surface area contributed by atoms with Gasteiger partial charge in [0.25, 0.3) is 5.91 Å². The van der Waals surface area contributed by atoms with Crippen molar-refractivity contribution in [3.63, 3.8) is 0 Å². The third-order valence-corrected chi connectivity index (χ3v) is 4.52. The molecule has 1 aliphatic heterocycles. The molecule has 0 saturated heterocycles. The lowest BCUT2D eigenvalue weighted by Crippen LogP contribution is -2.28. The topological polar surface area (TPSA) is 45.2 Å². The fraction of sp³-hybridized carbons (Fsp3) is 0.143. The van der Waals surface area contributed by atoms with Crippen molar-refractivity contribution in [3.8, 4) is 0 Å². The Morgan fingerprint density at radius 1 is 1.04 bits per heavy atom. The molecule has 130 valence electrons. The van der Waals surface area contributed by atoms with Gasteiger partial charge in [-0.15, -0.1) is 0 Å². The number of anilines is 3. The first-order valence-corrected chi connectivity index (χ1v) is 8.60. The number of hydrogen-bond donors (Lipinski definition) is 1. The van der Waals surface area contributed by atoms with Gasteiger partial charge >= 0.3 is 0 Å². The van der Waals surface area contributed by atoms with E-state index in [2.05, 4.69) is 21.3 Å². The Morgan fingerprint density at radius 2 is 1.85 bits per heavy atom. The normalized spacial score (nSPS) is 13.2. The number of pyridine rings is 1. The van der Waals surface area contributed by atoms with Crippen LogP contribution < -0.4 is 10.2 Å². The highest BCUT2D eigenvalue weighted by atomic mass is 19.1. The highest BCUT2D eigenvalue weighted by Crippen LogP contribution is 2.34. The van der Waals surface area contributed by atoms with E-state index in [9.17, 15) is 9.18 Å². The molecule has 1 N–H and O–H groups in total. The highest BCUT2D eigenvalue weighted by Gasteiger charge is 2.23. The number of para-hydroxylation sites is 2. The summed E-state index contributed by atoms with van der Waals surface area (Å²) in [7, 11) is 0. The second-order valence-corrected chi connectivity index (χ2v) is 6.19. The van der Waals surface area contributed by atoms with E-state index < -0.39 is 5.82 Å². The number of aromatic nitrogens is 1. The highest BCUT2D eigenvalue weighted by molar-refractivity contribution is 6.08. The number of nitrogens with zero attached hydrogens (tertiary/aromatic N) is 2. The van der Waals surface area contributed by atoms with Crippen LogP contribution in [0, 0.1) is 5.82 Å². The predicted molar refractivity (Wildman–Crippen MR) is 100 cm³/mol. The Balaban J connectivity index is 1.70. The van der Waals surface area contributed by atoms with Crippen molar-refractivity contribution in [3.05, 3.63) is 83.8 Å². The molecular weight excluding hydrogens is 329 g/mol. The molecule has 0 bridgehead atoms. The van der Waals surface area contributed by atoms with E-state index >= 15 is 0 Å². The number of fused-ring (bicyclic) bond motifs is 1. The number of amides is 1. The second-order valence-electron chi connectivity index (χ2n) is 6.19. The molecule has 0 spiro atoms. The summed E-state index contributed by atoms with van der Waals surface area (Å²) in [6.45, 7) is 0.786. The van der Waals surface area contributed by atoms with E-state index in [0.717, 1.165) is 25.1 Å². The summed E-state index contributed by atoms with van der Waals surface area (Å²) in [6, 6.07) is 17.7. The maximum Gasteiger partial charge on any atom is 0.259 e. The smallest absolute Gasteiger partial charge is 0.259 e. The number of hydrogen-bond acceptors (Lipinski definition) is 3. The molecule has 1 aromatic heterocycles. The molecule has 26 heavy (non-hydrogen) atoms. The van der Waals surface area contributed by atoms with Crippen LogP contribution >= 0.6 is 0 Å². The SMILES string of the molecule is O=C(Nc1ccccc1F)c1cccnc1N1CCCc2ccccc21. The molecule has 3 aromatic rings. The van der Waals surface area contributed by atoms with Gasteiger partial charge in [-0.25, -0.2) is 9.37 Å². The standard InChI is InChI=1S/C21H18FN3O/c22-17-10-2-3-11-18(17)24-21(26)16-9-5-13-23-20(16)25-14-6-8-15-7-1-4-12-19(15)25/h1-5,7,9-13H,6,8,14H2,(H,24,26). The summed E-state index contributed by atoms with van der Waals surface area (Å²) in [5.74, 6) is -0.246. The summed E-state index contributed by atoms with van der Waals surface area (Å²) in [6.07, 6.45) is 3.67. The van der Waals surface area contributed by atoms with Crippen LogP contribution in [0.15, 0.2) is 66.9 Å². The molecular formula is C21H18FN3O. The van der Waals surface area contributed by atoms with Gasteiger partial charge in [0, 0.05) is 18.4 Å². The van der Waals surface area contributed by atoms with Crippen molar-refractivity contribution < 1.29 is 9.18 Å². The van der Waals surface area contributed by atoms with E-state index in [1.807, 2.05) is 18.2 Å². The zero-order valence-corrected chi connectivity index (χ0v) is 14.2. The van der Waals surface area contributed by atoms with E-state index in [4.69, 9.17) is 0 Å². The first-order valence-electron chi connectivity index (χ1n) is 8.60. The van der Waals surface area contributed by atoms with Crippen LogP contribution in [-0.2, 0) is 6.42 Å². The minimum Gasteiger partial charge on any atom is -0.325 e. The average Bonchev–Trinajstić information content (AvgIpc) is 2.69. The van der Waals surface area contributed by atoms with Gasteiger partial charge in [0.1, 0.15) is 11.6 Å². The molecule has 2 aromatic carbocycles. The van der Waals surface area contributed by atoms with Gasteiger partial charge in [0.15, 0.2) is 0 Å². The number of halogens is 1. The average molecular weight is 347 g/mol. The van der Waals surface area contributed by atoms with Crippen LogP contribution in [0.25, 0.3) is 0 Å². The largest absolute Gasteiger partial charge is 0.325 e. The maximum absolute atomic E-state index is 13.9. The number of benzene rings is 2. The van der Waals surface area contributed by atoms with Crippen LogP contribution in [0.4, 0.5) is 21.6 Å². The fourth-order valence-corrected chi connectivity index (χ4v) is 3.30. The van der Waals surface area contributed by atoms with Crippen molar-refractivity contribution in [2.45, 2.75) is 12.8 Å². The third-order valence-electron chi connectivity index (χ3n) is 4.52. The quantitative estimate of drug-likeness (QED) is 0.755. The second kappa shape index (κ2) is 6.96. The molecule has 5 heteroatoms. The molecule has 1 aliphatic rings. The van der Waals surface area contributed by atoms with Crippen LogP contribution in [0.3, 0.4) is 0 Å². The first kappa shape index (κ1) is 16.3. The van der Waals surface area contributed by atoms with E-state index in [-0.39, 0.29) is 11.6 Å². The Morgan fingerprint density at radius 3 is 2.73 bits per heavy atom. The minimum atomic E-state index is -0.463. The van der Waals surface area contributed by atoms with Crippen molar-refractivity contribution in [1.82, 2.24) is 4.98 Å².